The van der Waals surface area contributed by atoms with Crippen LogP contribution < -0.4 is 0 Å². The number of aromatic hydroxyl groups is 2. The molecular weight excluding hydrogens is 380 g/mol. The van der Waals surface area contributed by atoms with Gasteiger partial charge < -0.3 is 19.7 Å². The van der Waals surface area contributed by atoms with Crippen LogP contribution in [0.25, 0.3) is 0 Å². The Morgan fingerprint density at radius 3 is 1.37 bits per heavy atom. The molecule has 0 unspecified atom stereocenters. The van der Waals surface area contributed by atoms with Gasteiger partial charge in [0.2, 0.25) is 0 Å². The van der Waals surface area contributed by atoms with E-state index in [2.05, 4.69) is 9.80 Å². The Hall–Kier alpha value is -2.12. The topological polar surface area (TPSA) is 65.4 Å². The van der Waals surface area contributed by atoms with Crippen LogP contribution in [0, 0.1) is 0 Å². The van der Waals surface area contributed by atoms with E-state index < -0.39 is 0 Å². The average Bonchev–Trinajstić information content (AvgIpc) is 2.70. The Labute approximate surface area is 180 Å². The van der Waals surface area contributed by atoms with Gasteiger partial charge in [0.25, 0.3) is 0 Å². The lowest BCUT2D eigenvalue weighted by atomic mass is 10.2. The molecule has 0 spiro atoms. The van der Waals surface area contributed by atoms with Crippen molar-refractivity contribution < 1.29 is 19.7 Å². The van der Waals surface area contributed by atoms with E-state index in [1.165, 1.54) is 0 Å². The molecule has 166 valence electrons. The minimum Gasteiger partial charge on any atom is -0.508 e. The second-order valence-corrected chi connectivity index (χ2v) is 8.05. The maximum atomic E-state index is 10.2. The van der Waals surface area contributed by atoms with Crippen LogP contribution in [-0.4, -0.2) is 58.8 Å². The second-order valence-electron chi connectivity index (χ2n) is 8.05. The van der Waals surface area contributed by atoms with Crippen LogP contribution in [0.1, 0.15) is 38.8 Å². The van der Waals surface area contributed by atoms with Crippen LogP contribution in [-0.2, 0) is 22.6 Å². The summed E-state index contributed by atoms with van der Waals surface area (Å²) < 4.78 is 11.7. The Kier molecular flexibility index (Phi) is 10.1. The summed E-state index contributed by atoms with van der Waals surface area (Å²) in [7, 11) is 0. The molecule has 0 radical (unpaired) electrons. The lowest BCUT2D eigenvalue weighted by Crippen LogP contribution is -2.38. The van der Waals surface area contributed by atoms with Gasteiger partial charge in [0.05, 0.1) is 25.7 Å². The van der Waals surface area contributed by atoms with Crippen molar-refractivity contribution in [3.63, 3.8) is 0 Å². The van der Waals surface area contributed by atoms with E-state index in [0.29, 0.717) is 38.1 Å². The third-order valence-electron chi connectivity index (χ3n) is 4.68. The smallest absolute Gasteiger partial charge is 0.120 e. The van der Waals surface area contributed by atoms with E-state index in [0.717, 1.165) is 24.2 Å². The van der Waals surface area contributed by atoms with Crippen LogP contribution >= 0.6 is 0 Å². The number of hydrogen-bond donors (Lipinski definition) is 2. The first-order chi connectivity index (χ1) is 14.3. The van der Waals surface area contributed by atoms with Crippen molar-refractivity contribution in [2.45, 2.75) is 53.0 Å². The fourth-order valence-electron chi connectivity index (χ4n) is 2.94. The molecule has 0 aliphatic heterocycles. The molecule has 0 saturated heterocycles. The minimum atomic E-state index is 0.124. The normalized spacial score (nSPS) is 11.9. The maximum Gasteiger partial charge on any atom is 0.120 e. The van der Waals surface area contributed by atoms with Gasteiger partial charge in [-0.15, -0.1) is 0 Å². The molecule has 30 heavy (non-hydrogen) atoms. The Morgan fingerprint density at radius 1 is 0.667 bits per heavy atom. The highest BCUT2D eigenvalue weighted by Gasteiger charge is 2.15. The highest BCUT2D eigenvalue weighted by atomic mass is 16.5. The van der Waals surface area contributed by atoms with E-state index >= 15 is 0 Å². The monoisotopic (exact) mass is 416 g/mol. The van der Waals surface area contributed by atoms with Gasteiger partial charge in [0, 0.05) is 37.3 Å². The lowest BCUT2D eigenvalue weighted by molar-refractivity contribution is -0.0345. The van der Waals surface area contributed by atoms with Crippen molar-refractivity contribution in [3.05, 3.63) is 59.7 Å². The highest BCUT2D eigenvalue weighted by molar-refractivity contribution is 5.32. The summed E-state index contributed by atoms with van der Waals surface area (Å²) in [5, 5.41) is 20.3. The number of para-hydroxylation sites is 2. The van der Waals surface area contributed by atoms with E-state index in [4.69, 9.17) is 9.47 Å². The fraction of sp³-hybridized carbons (Fsp3) is 0.500. The molecule has 0 bridgehead atoms. The van der Waals surface area contributed by atoms with Crippen LogP contribution in [0.3, 0.4) is 0 Å². The highest BCUT2D eigenvalue weighted by Crippen LogP contribution is 2.20. The van der Waals surface area contributed by atoms with Crippen LogP contribution in [0.4, 0.5) is 0 Å². The number of rotatable bonds is 13. The van der Waals surface area contributed by atoms with Crippen molar-refractivity contribution in [2.75, 3.05) is 26.6 Å². The SMILES string of the molecule is CC(C)OCN(CCN(COC(C)C)Cc1ccccc1O)Cc1ccccc1O. The molecule has 0 saturated carbocycles. The molecule has 2 rings (SSSR count). The molecule has 0 aromatic heterocycles. The maximum absolute atomic E-state index is 10.2. The van der Waals surface area contributed by atoms with E-state index in [1.54, 1.807) is 12.1 Å². The van der Waals surface area contributed by atoms with Gasteiger partial charge in [-0.2, -0.15) is 0 Å². The number of nitrogens with zero attached hydrogens (tertiary/aromatic N) is 2. The van der Waals surface area contributed by atoms with Gasteiger partial charge in [-0.3, -0.25) is 9.80 Å². The van der Waals surface area contributed by atoms with Crippen LogP contribution in [0.15, 0.2) is 48.5 Å². The number of phenolic OH excluding ortho intramolecular Hbond substituents is 2. The molecular formula is C24H36N2O4. The summed E-state index contributed by atoms with van der Waals surface area (Å²) in [6.07, 6.45) is 0.247. The van der Waals surface area contributed by atoms with Gasteiger partial charge in [-0.25, -0.2) is 0 Å². The molecule has 6 heteroatoms. The van der Waals surface area contributed by atoms with Gasteiger partial charge in [-0.05, 0) is 39.8 Å². The molecule has 0 aliphatic carbocycles. The van der Waals surface area contributed by atoms with Crippen molar-refractivity contribution in [3.8, 4) is 11.5 Å². The second kappa shape index (κ2) is 12.5. The van der Waals surface area contributed by atoms with Gasteiger partial charge in [-0.1, -0.05) is 36.4 Å². The lowest BCUT2D eigenvalue weighted by Gasteiger charge is -2.29. The summed E-state index contributed by atoms with van der Waals surface area (Å²) in [5.74, 6) is 0.586. The first kappa shape index (κ1) is 24.2. The predicted molar refractivity (Wildman–Crippen MR) is 119 cm³/mol. The van der Waals surface area contributed by atoms with Crippen LogP contribution in [0.5, 0.6) is 11.5 Å². The number of ether oxygens (including phenoxy) is 2. The molecule has 0 fully saturated rings. The van der Waals surface area contributed by atoms with Crippen molar-refractivity contribution in [1.82, 2.24) is 9.80 Å². The van der Waals surface area contributed by atoms with Crippen LogP contribution in [0.2, 0.25) is 0 Å². The van der Waals surface area contributed by atoms with Gasteiger partial charge in [0.15, 0.2) is 0 Å². The van der Waals surface area contributed by atoms with E-state index in [9.17, 15) is 10.2 Å². The zero-order chi connectivity index (χ0) is 21.9. The quantitative estimate of drug-likeness (QED) is 0.478. The minimum absolute atomic E-state index is 0.124. The molecule has 2 aromatic rings. The van der Waals surface area contributed by atoms with Crippen molar-refractivity contribution in [2.24, 2.45) is 0 Å². The third-order valence-corrected chi connectivity index (χ3v) is 4.68. The zero-order valence-corrected chi connectivity index (χ0v) is 18.6. The first-order valence-corrected chi connectivity index (χ1v) is 10.6. The molecule has 0 amide bonds. The molecule has 6 nitrogen and oxygen atoms in total. The number of benzene rings is 2. The molecule has 2 aromatic carbocycles. The molecule has 0 aliphatic rings. The van der Waals surface area contributed by atoms with Gasteiger partial charge in [0.1, 0.15) is 11.5 Å². The fourth-order valence-corrected chi connectivity index (χ4v) is 2.94. The Morgan fingerprint density at radius 2 is 1.03 bits per heavy atom. The first-order valence-electron chi connectivity index (χ1n) is 10.6. The standard InChI is InChI=1S/C24H36N2O4/c1-19(2)29-17-25(15-21-9-5-7-11-23(21)27)13-14-26(18-30-20(3)4)16-22-10-6-8-12-24(22)28/h5-12,19-20,27-28H,13-18H2,1-4H3. The largest absolute Gasteiger partial charge is 0.508 e. The number of hydrogen-bond acceptors (Lipinski definition) is 6. The van der Waals surface area contributed by atoms with Gasteiger partial charge >= 0.3 is 0 Å². The van der Waals surface area contributed by atoms with E-state index in [1.807, 2.05) is 64.1 Å². The average molecular weight is 417 g/mol. The Balaban J connectivity index is 2.05. The number of phenols is 2. The summed E-state index contributed by atoms with van der Waals surface area (Å²) in [6, 6.07) is 14.8. The molecule has 0 atom stereocenters. The van der Waals surface area contributed by atoms with Crippen molar-refractivity contribution in [1.29, 1.82) is 0 Å². The predicted octanol–water partition coefficient (Wildman–Crippen LogP) is 4.17. The Bertz CT molecular complexity index is 688. The summed E-state index contributed by atoms with van der Waals surface area (Å²) in [6.45, 7) is 11.6. The summed E-state index contributed by atoms with van der Waals surface area (Å²) in [5.41, 5.74) is 1.74. The molecule has 0 heterocycles. The van der Waals surface area contributed by atoms with Crippen molar-refractivity contribution >= 4 is 0 Å². The zero-order valence-electron chi connectivity index (χ0n) is 18.6. The summed E-state index contributed by atoms with van der Waals surface area (Å²) in [4.78, 5) is 4.34. The van der Waals surface area contributed by atoms with E-state index in [-0.39, 0.29) is 12.2 Å². The molecule has 2 N–H and O–H groups in total. The third kappa shape index (κ3) is 8.71. The summed E-state index contributed by atoms with van der Waals surface area (Å²) >= 11 is 0.